The first-order valence-electron chi connectivity index (χ1n) is 5.43. The minimum absolute atomic E-state index is 0.0344. The molecule has 2 aromatic carbocycles. The highest BCUT2D eigenvalue weighted by Crippen LogP contribution is 2.36. The molecule has 0 aromatic heterocycles. The zero-order chi connectivity index (χ0) is 14.9. The van der Waals surface area contributed by atoms with Crippen LogP contribution in [0.15, 0.2) is 30.3 Å². The van der Waals surface area contributed by atoms with Crippen LogP contribution in [0.2, 0.25) is 15.1 Å². The highest BCUT2D eigenvalue weighted by atomic mass is 35.5. The summed E-state index contributed by atoms with van der Waals surface area (Å²) in [5.41, 5.74) is 6.78. The van der Waals surface area contributed by atoms with Gasteiger partial charge >= 0.3 is 5.97 Å². The maximum Gasteiger partial charge on any atom is 0.337 e. The van der Waals surface area contributed by atoms with Gasteiger partial charge in [-0.3, -0.25) is 0 Å². The molecule has 7 heteroatoms. The van der Waals surface area contributed by atoms with Crippen molar-refractivity contribution in [3.05, 3.63) is 51.0 Å². The number of para-hydroxylation sites is 1. The molecule has 0 aliphatic rings. The number of nitrogens with two attached hydrogens (primary N) is 1. The van der Waals surface area contributed by atoms with Crippen LogP contribution < -0.4 is 11.1 Å². The molecule has 104 valence electrons. The third-order valence-corrected chi connectivity index (χ3v) is 3.63. The zero-order valence-corrected chi connectivity index (χ0v) is 12.2. The summed E-state index contributed by atoms with van der Waals surface area (Å²) < 4.78 is 0. The number of anilines is 3. The molecule has 0 heterocycles. The van der Waals surface area contributed by atoms with Crippen molar-refractivity contribution in [2.24, 2.45) is 0 Å². The molecule has 4 nitrogen and oxygen atoms in total. The van der Waals surface area contributed by atoms with E-state index in [0.717, 1.165) is 0 Å². The second kappa shape index (κ2) is 5.79. The molecule has 0 radical (unpaired) electrons. The molecule has 2 aromatic rings. The number of nitrogens with one attached hydrogen (secondary N) is 1. The number of carboxylic acids is 1. The molecule has 2 rings (SSSR count). The van der Waals surface area contributed by atoms with Gasteiger partial charge in [-0.25, -0.2) is 4.79 Å². The molecule has 0 aliphatic carbocycles. The van der Waals surface area contributed by atoms with E-state index in [1.165, 1.54) is 18.2 Å². The van der Waals surface area contributed by atoms with Crippen molar-refractivity contribution in [2.45, 2.75) is 0 Å². The van der Waals surface area contributed by atoms with Crippen LogP contribution in [0, 0.1) is 0 Å². The molecule has 0 aliphatic heterocycles. The second-order valence-electron chi connectivity index (χ2n) is 3.95. The summed E-state index contributed by atoms with van der Waals surface area (Å²) in [7, 11) is 0. The SMILES string of the molecule is Nc1cccc(C(=O)O)c1Nc1cc(Cl)c(Cl)cc1Cl. The van der Waals surface area contributed by atoms with Crippen LogP contribution in [0.5, 0.6) is 0 Å². The first-order chi connectivity index (χ1) is 9.40. The van der Waals surface area contributed by atoms with Crippen LogP contribution in [-0.4, -0.2) is 11.1 Å². The normalized spacial score (nSPS) is 10.3. The third-order valence-electron chi connectivity index (χ3n) is 2.60. The maximum atomic E-state index is 11.2. The van der Waals surface area contributed by atoms with E-state index in [-0.39, 0.29) is 16.9 Å². The number of halogens is 3. The number of rotatable bonds is 3. The van der Waals surface area contributed by atoms with Gasteiger partial charge in [-0.15, -0.1) is 0 Å². The summed E-state index contributed by atoms with van der Waals surface area (Å²) in [6.07, 6.45) is 0. The van der Waals surface area contributed by atoms with Gasteiger partial charge in [0.15, 0.2) is 0 Å². The highest BCUT2D eigenvalue weighted by molar-refractivity contribution is 6.44. The Morgan fingerprint density at radius 2 is 1.75 bits per heavy atom. The summed E-state index contributed by atoms with van der Waals surface area (Å²) in [5, 5.41) is 12.9. The predicted molar refractivity (Wildman–Crippen MR) is 82.6 cm³/mol. The lowest BCUT2D eigenvalue weighted by atomic mass is 10.1. The summed E-state index contributed by atoms with van der Waals surface area (Å²) in [6.45, 7) is 0. The number of carboxylic acid groups (broad SMARTS) is 1. The van der Waals surface area contributed by atoms with Crippen molar-refractivity contribution in [1.29, 1.82) is 0 Å². The van der Waals surface area contributed by atoms with E-state index in [1.807, 2.05) is 0 Å². The van der Waals surface area contributed by atoms with Crippen molar-refractivity contribution >= 4 is 57.8 Å². The standard InChI is InChI=1S/C13H9Cl3N2O2/c14-7-4-9(16)11(5-8(7)15)18-12-6(13(19)20)2-1-3-10(12)17/h1-5,18H,17H2,(H,19,20). The summed E-state index contributed by atoms with van der Waals surface area (Å²) >= 11 is 17.8. The molecule has 0 unspecified atom stereocenters. The van der Waals surface area contributed by atoms with Crippen LogP contribution in [0.4, 0.5) is 17.1 Å². The Balaban J connectivity index is 2.50. The van der Waals surface area contributed by atoms with E-state index in [2.05, 4.69) is 5.32 Å². The lowest BCUT2D eigenvalue weighted by molar-refractivity contribution is 0.0698. The molecule has 0 fully saturated rings. The highest BCUT2D eigenvalue weighted by Gasteiger charge is 2.14. The van der Waals surface area contributed by atoms with Crippen LogP contribution in [-0.2, 0) is 0 Å². The third kappa shape index (κ3) is 2.93. The molecule has 0 saturated carbocycles. The lowest BCUT2D eigenvalue weighted by Gasteiger charge is -2.14. The Hall–Kier alpha value is -1.62. The number of hydrogen-bond donors (Lipinski definition) is 3. The largest absolute Gasteiger partial charge is 0.478 e. The van der Waals surface area contributed by atoms with E-state index in [9.17, 15) is 4.79 Å². The molecule has 0 atom stereocenters. The number of hydrogen-bond acceptors (Lipinski definition) is 3. The lowest BCUT2D eigenvalue weighted by Crippen LogP contribution is -2.06. The fourth-order valence-electron chi connectivity index (χ4n) is 1.64. The molecule has 20 heavy (non-hydrogen) atoms. The topological polar surface area (TPSA) is 75.4 Å². The Morgan fingerprint density at radius 1 is 1.10 bits per heavy atom. The van der Waals surface area contributed by atoms with Gasteiger partial charge in [0.2, 0.25) is 0 Å². The first kappa shape index (κ1) is 14.8. The Bertz CT molecular complexity index is 690. The molecule has 0 saturated heterocycles. The summed E-state index contributed by atoms with van der Waals surface area (Å²) in [5.74, 6) is -1.10. The summed E-state index contributed by atoms with van der Waals surface area (Å²) in [6, 6.07) is 7.55. The Labute approximate surface area is 130 Å². The van der Waals surface area contributed by atoms with Gasteiger partial charge in [0, 0.05) is 0 Å². The molecule has 0 spiro atoms. The van der Waals surface area contributed by atoms with Crippen molar-refractivity contribution in [3.8, 4) is 0 Å². The maximum absolute atomic E-state index is 11.2. The number of carbonyl (C=O) groups is 1. The minimum atomic E-state index is -1.10. The van der Waals surface area contributed by atoms with Crippen molar-refractivity contribution < 1.29 is 9.90 Å². The molecule has 4 N–H and O–H groups in total. The monoisotopic (exact) mass is 330 g/mol. The zero-order valence-electron chi connectivity index (χ0n) is 9.95. The van der Waals surface area contributed by atoms with Gasteiger partial charge in [0.1, 0.15) is 0 Å². The van der Waals surface area contributed by atoms with Gasteiger partial charge < -0.3 is 16.2 Å². The van der Waals surface area contributed by atoms with E-state index in [1.54, 1.807) is 12.1 Å². The quantitative estimate of drug-likeness (QED) is 0.564. The van der Waals surface area contributed by atoms with Crippen LogP contribution in [0.3, 0.4) is 0 Å². The minimum Gasteiger partial charge on any atom is -0.478 e. The molecule has 0 bridgehead atoms. The van der Waals surface area contributed by atoms with Crippen LogP contribution in [0.1, 0.15) is 10.4 Å². The van der Waals surface area contributed by atoms with Gasteiger partial charge in [0.25, 0.3) is 0 Å². The second-order valence-corrected chi connectivity index (χ2v) is 5.17. The van der Waals surface area contributed by atoms with Crippen LogP contribution in [0.25, 0.3) is 0 Å². The number of benzene rings is 2. The van der Waals surface area contributed by atoms with Crippen molar-refractivity contribution in [1.82, 2.24) is 0 Å². The Morgan fingerprint density at radius 3 is 2.40 bits per heavy atom. The van der Waals surface area contributed by atoms with Crippen LogP contribution >= 0.6 is 34.8 Å². The van der Waals surface area contributed by atoms with E-state index in [0.29, 0.717) is 20.8 Å². The van der Waals surface area contributed by atoms with Gasteiger partial charge in [0.05, 0.1) is 37.7 Å². The van der Waals surface area contributed by atoms with E-state index < -0.39 is 5.97 Å². The van der Waals surface area contributed by atoms with Crippen molar-refractivity contribution in [3.63, 3.8) is 0 Å². The molecule has 0 amide bonds. The number of aromatic carboxylic acids is 1. The number of nitrogen functional groups attached to an aromatic ring is 1. The Kier molecular flexibility index (Phi) is 4.28. The summed E-state index contributed by atoms with van der Waals surface area (Å²) in [4.78, 5) is 11.2. The van der Waals surface area contributed by atoms with Gasteiger partial charge in [-0.2, -0.15) is 0 Å². The van der Waals surface area contributed by atoms with Gasteiger partial charge in [-0.1, -0.05) is 40.9 Å². The predicted octanol–water partition coefficient (Wildman–Crippen LogP) is 4.67. The smallest absolute Gasteiger partial charge is 0.337 e. The van der Waals surface area contributed by atoms with E-state index >= 15 is 0 Å². The van der Waals surface area contributed by atoms with E-state index in [4.69, 9.17) is 45.6 Å². The average Bonchev–Trinajstić information content (AvgIpc) is 2.37. The van der Waals surface area contributed by atoms with Gasteiger partial charge in [-0.05, 0) is 24.3 Å². The van der Waals surface area contributed by atoms with Crippen molar-refractivity contribution in [2.75, 3.05) is 11.1 Å². The fourth-order valence-corrected chi connectivity index (χ4v) is 2.24. The average molecular weight is 332 g/mol. The molecular formula is C13H9Cl3N2O2. The first-order valence-corrected chi connectivity index (χ1v) is 6.57. The molecular weight excluding hydrogens is 323 g/mol. The fraction of sp³-hybridized carbons (Fsp3) is 0.